The van der Waals surface area contributed by atoms with Crippen LogP contribution in [0.4, 0.5) is 0 Å². The number of rotatable bonds is 12. The molecule has 0 aliphatic heterocycles. The van der Waals surface area contributed by atoms with Crippen molar-refractivity contribution in [2.24, 2.45) is 7.05 Å². The first-order valence-corrected chi connectivity index (χ1v) is 17.4. The van der Waals surface area contributed by atoms with Gasteiger partial charge in [-0.05, 0) is 109 Å². The lowest BCUT2D eigenvalue weighted by Crippen LogP contribution is -2.21. The number of halogens is 1. The molecule has 0 bridgehead atoms. The van der Waals surface area contributed by atoms with Crippen LogP contribution in [0.25, 0.3) is 22.0 Å². The summed E-state index contributed by atoms with van der Waals surface area (Å²) < 4.78 is 15.5. The monoisotopic (exact) mass is 685 g/mol. The van der Waals surface area contributed by atoms with Gasteiger partial charge in [0.15, 0.2) is 0 Å². The number of amides is 1. The Labute approximate surface area is 289 Å². The number of nitrogens with one attached hydrogen (secondary N) is 3. The minimum atomic E-state index is -0.318. The Morgan fingerprint density at radius 1 is 1.13 bits per heavy atom. The third-order valence-corrected chi connectivity index (χ3v) is 8.55. The van der Waals surface area contributed by atoms with E-state index in [1.807, 2.05) is 86.3 Å². The van der Waals surface area contributed by atoms with Crippen LogP contribution in [0.15, 0.2) is 30.3 Å². The quantitative estimate of drug-likeness (QED) is 0.0786. The molecule has 0 aliphatic rings. The maximum absolute atomic E-state index is 13.3. The summed E-state index contributed by atoms with van der Waals surface area (Å²) in [7, 11) is 3.86. The van der Waals surface area contributed by atoms with Crippen LogP contribution in [0.2, 0.25) is 5.02 Å². The molecule has 47 heavy (non-hydrogen) atoms. The number of fused-ring (bicyclic) bond motifs is 1. The molecule has 0 spiro atoms. The van der Waals surface area contributed by atoms with Gasteiger partial charge in [0.1, 0.15) is 17.0 Å². The molecule has 3 N–H and O–H groups in total. The summed E-state index contributed by atoms with van der Waals surface area (Å²) in [4.78, 5) is 26.4. The van der Waals surface area contributed by atoms with Crippen LogP contribution in [0.3, 0.4) is 0 Å². The van der Waals surface area contributed by atoms with Crippen LogP contribution >= 0.6 is 23.5 Å². The molecule has 1 amide bonds. The first kappa shape index (κ1) is 39.7. The number of aryl methyl sites for hydroxylation is 5. The van der Waals surface area contributed by atoms with Gasteiger partial charge >= 0.3 is 0 Å². The smallest absolute Gasteiger partial charge is 0.293 e. The minimum absolute atomic E-state index is 0.118. The van der Waals surface area contributed by atoms with Gasteiger partial charge < -0.3 is 19.8 Å². The number of hydrogen-bond donors (Lipinski definition) is 3. The van der Waals surface area contributed by atoms with E-state index in [-0.39, 0.29) is 11.5 Å². The van der Waals surface area contributed by atoms with Gasteiger partial charge in [0, 0.05) is 46.6 Å². The van der Waals surface area contributed by atoms with Gasteiger partial charge in [0.05, 0.1) is 17.8 Å². The predicted molar refractivity (Wildman–Crippen MR) is 197 cm³/mol. The van der Waals surface area contributed by atoms with E-state index in [0.717, 1.165) is 79.6 Å². The van der Waals surface area contributed by atoms with Crippen molar-refractivity contribution in [1.82, 2.24) is 24.8 Å². The Balaban J connectivity index is 0.000000756. The fraction of sp³-hybridized carbons (Fsp3) is 0.472. The molecule has 0 saturated carbocycles. The van der Waals surface area contributed by atoms with Crippen molar-refractivity contribution in [2.75, 3.05) is 26.0 Å². The Morgan fingerprint density at radius 2 is 1.79 bits per heavy atom. The standard InChI is InChI=1S/C29H36ClN5O2S.C5H10O2.C2H6/c1-17-15-21(16-18(2)26(17)30)37-13-8-11-23-22-9-7-10-24(25-19(3)33-35(6)20(25)4)27(22)32-28(23)29(36)34-38-14-12-31-5;1-5(2,3)7-4-6;1-2/h7,9-10,15-16,31-32H,8,11-14H2,1-6H3,(H,34,36);4H,1-3H3;1-2H3. The molecule has 11 heteroatoms. The van der Waals surface area contributed by atoms with E-state index >= 15 is 0 Å². The van der Waals surface area contributed by atoms with Crippen molar-refractivity contribution >= 4 is 46.8 Å². The van der Waals surface area contributed by atoms with Gasteiger partial charge in [0.2, 0.25) is 0 Å². The van der Waals surface area contributed by atoms with E-state index in [1.54, 1.807) is 0 Å². The zero-order valence-corrected chi connectivity index (χ0v) is 31.4. The zero-order chi connectivity index (χ0) is 35.3. The van der Waals surface area contributed by atoms with Gasteiger partial charge in [-0.1, -0.05) is 43.6 Å². The highest BCUT2D eigenvalue weighted by Gasteiger charge is 2.22. The molecule has 9 nitrogen and oxygen atoms in total. The average Bonchev–Trinajstić information content (AvgIpc) is 3.52. The summed E-state index contributed by atoms with van der Waals surface area (Å²) in [5.41, 5.74) is 8.43. The fourth-order valence-corrected chi connectivity index (χ4v) is 5.74. The fourth-order valence-electron chi connectivity index (χ4n) is 4.99. The van der Waals surface area contributed by atoms with E-state index in [0.29, 0.717) is 25.2 Å². The SMILES string of the molecule is CC.CC(C)(C)OC=O.CNCCSNC(=O)c1[nH]c2c(-c3c(C)nn(C)c3C)cccc2c1CCCOc1cc(C)c(Cl)c(C)c1. The van der Waals surface area contributed by atoms with Gasteiger partial charge in [-0.15, -0.1) is 0 Å². The topological polar surface area (TPSA) is 110 Å². The molecule has 0 atom stereocenters. The number of nitrogens with zero attached hydrogens (tertiary/aromatic N) is 2. The van der Waals surface area contributed by atoms with Crippen LogP contribution in [0.1, 0.15) is 79.6 Å². The number of benzene rings is 2. The molecule has 0 unspecified atom stereocenters. The van der Waals surface area contributed by atoms with Crippen molar-refractivity contribution in [2.45, 2.75) is 80.8 Å². The first-order chi connectivity index (χ1) is 22.3. The van der Waals surface area contributed by atoms with E-state index in [1.165, 1.54) is 11.9 Å². The summed E-state index contributed by atoms with van der Waals surface area (Å²) in [6, 6.07) is 10.2. The maximum atomic E-state index is 13.3. The molecule has 0 saturated heterocycles. The van der Waals surface area contributed by atoms with Gasteiger partial charge in [-0.2, -0.15) is 5.10 Å². The van der Waals surface area contributed by atoms with Gasteiger partial charge in [-0.25, -0.2) is 0 Å². The third-order valence-electron chi connectivity index (χ3n) is 7.22. The van der Waals surface area contributed by atoms with Crippen molar-refractivity contribution < 1.29 is 19.1 Å². The Hall–Kier alpha value is -3.47. The normalized spacial score (nSPS) is 10.9. The number of carbonyl (C=O) groups is 2. The molecule has 4 rings (SSSR count). The van der Waals surface area contributed by atoms with Crippen molar-refractivity contribution in [3.05, 3.63) is 69.1 Å². The Bertz CT molecular complexity index is 1600. The van der Waals surface area contributed by atoms with E-state index in [2.05, 4.69) is 50.0 Å². The molecule has 258 valence electrons. The number of H-pyrrole nitrogens is 1. The van der Waals surface area contributed by atoms with Crippen LogP contribution in [-0.4, -0.2) is 58.7 Å². The Kier molecular flexibility index (Phi) is 15.8. The second kappa shape index (κ2) is 18.8. The zero-order valence-electron chi connectivity index (χ0n) is 29.8. The summed E-state index contributed by atoms with van der Waals surface area (Å²) >= 11 is 7.71. The molecule has 2 heterocycles. The minimum Gasteiger partial charge on any atom is -0.494 e. The number of ether oxygens (including phenoxy) is 2. The molecule has 0 fully saturated rings. The van der Waals surface area contributed by atoms with E-state index in [9.17, 15) is 9.59 Å². The summed E-state index contributed by atoms with van der Waals surface area (Å²) in [6.45, 7) is 19.3. The second-order valence-electron chi connectivity index (χ2n) is 11.9. The molecule has 0 aliphatic carbocycles. The third kappa shape index (κ3) is 11.0. The summed E-state index contributed by atoms with van der Waals surface area (Å²) in [6.07, 6.45) is 1.46. The lowest BCUT2D eigenvalue weighted by Gasteiger charge is -2.14. The number of aromatic amines is 1. The highest BCUT2D eigenvalue weighted by molar-refractivity contribution is 7.97. The number of carbonyl (C=O) groups excluding carboxylic acids is 2. The first-order valence-electron chi connectivity index (χ1n) is 16.0. The highest BCUT2D eigenvalue weighted by atomic mass is 35.5. The molecule has 2 aromatic carbocycles. The number of aromatic nitrogens is 3. The lowest BCUT2D eigenvalue weighted by molar-refractivity contribution is -0.138. The van der Waals surface area contributed by atoms with Crippen molar-refractivity contribution in [3.63, 3.8) is 0 Å². The molecular weight excluding hydrogens is 634 g/mol. The van der Waals surface area contributed by atoms with Gasteiger partial charge in [0.25, 0.3) is 12.4 Å². The molecule has 4 aromatic rings. The highest BCUT2D eigenvalue weighted by Crippen LogP contribution is 2.35. The molecule has 0 radical (unpaired) electrons. The van der Waals surface area contributed by atoms with Crippen molar-refractivity contribution in [1.29, 1.82) is 0 Å². The second-order valence-corrected chi connectivity index (χ2v) is 13.2. The van der Waals surface area contributed by atoms with E-state index in [4.69, 9.17) is 16.3 Å². The van der Waals surface area contributed by atoms with Crippen LogP contribution in [0, 0.1) is 27.7 Å². The van der Waals surface area contributed by atoms with Crippen LogP contribution in [0.5, 0.6) is 5.75 Å². The predicted octanol–water partition coefficient (Wildman–Crippen LogP) is 8.05. The average molecular weight is 686 g/mol. The number of para-hydroxylation sites is 1. The van der Waals surface area contributed by atoms with E-state index < -0.39 is 0 Å². The van der Waals surface area contributed by atoms with Crippen LogP contribution in [-0.2, 0) is 23.0 Å². The summed E-state index contributed by atoms with van der Waals surface area (Å²) in [5, 5.41) is 9.54. The van der Waals surface area contributed by atoms with Crippen molar-refractivity contribution in [3.8, 4) is 16.9 Å². The largest absolute Gasteiger partial charge is 0.494 e. The lowest BCUT2D eigenvalue weighted by atomic mass is 9.98. The van der Waals surface area contributed by atoms with Crippen LogP contribution < -0.4 is 14.8 Å². The van der Waals surface area contributed by atoms with Gasteiger partial charge in [-0.3, -0.25) is 19.0 Å². The Morgan fingerprint density at radius 3 is 2.32 bits per heavy atom. The maximum Gasteiger partial charge on any atom is 0.293 e. The number of hydrogen-bond acceptors (Lipinski definition) is 7. The molecular formula is C36H52ClN5O4S. The summed E-state index contributed by atoms with van der Waals surface area (Å²) in [5.74, 6) is 1.48. The molecule has 2 aromatic heterocycles.